The van der Waals surface area contributed by atoms with Gasteiger partial charge in [-0.1, -0.05) is 30.3 Å². The molecule has 1 aliphatic heterocycles. The van der Waals surface area contributed by atoms with E-state index in [1.54, 1.807) is 0 Å². The van der Waals surface area contributed by atoms with Crippen molar-refractivity contribution in [1.29, 1.82) is 0 Å². The average Bonchev–Trinajstić information content (AvgIpc) is 3.01. The van der Waals surface area contributed by atoms with Crippen LogP contribution in [0.2, 0.25) is 0 Å². The van der Waals surface area contributed by atoms with Crippen molar-refractivity contribution in [2.75, 3.05) is 6.61 Å². The molecule has 0 bridgehead atoms. The Morgan fingerprint density at radius 1 is 1.15 bits per heavy atom. The molecule has 1 saturated heterocycles. The first-order valence-corrected chi connectivity index (χ1v) is 4.96. The predicted octanol–water partition coefficient (Wildman–Crippen LogP) is 2.51. The SMILES string of the molecule is CC1(C2(c3ccccc3)CC2)CO1. The molecule has 0 radical (unpaired) electrons. The lowest BCUT2D eigenvalue weighted by Gasteiger charge is -2.19. The molecule has 2 aliphatic rings. The zero-order chi connectivity index (χ0) is 8.94. The van der Waals surface area contributed by atoms with Crippen molar-refractivity contribution in [2.45, 2.75) is 30.8 Å². The molecule has 3 rings (SSSR count). The summed E-state index contributed by atoms with van der Waals surface area (Å²) in [5.41, 5.74) is 2.00. The van der Waals surface area contributed by atoms with Gasteiger partial charge >= 0.3 is 0 Å². The van der Waals surface area contributed by atoms with Gasteiger partial charge in [-0.2, -0.15) is 0 Å². The van der Waals surface area contributed by atoms with E-state index < -0.39 is 0 Å². The van der Waals surface area contributed by atoms with E-state index in [1.807, 2.05) is 0 Å². The normalized spacial score (nSPS) is 34.2. The lowest BCUT2D eigenvalue weighted by molar-refractivity contribution is 0.269. The highest BCUT2D eigenvalue weighted by Gasteiger charge is 2.65. The van der Waals surface area contributed by atoms with Crippen molar-refractivity contribution >= 4 is 0 Å². The third kappa shape index (κ3) is 0.910. The molecule has 0 aromatic heterocycles. The molecule has 0 spiro atoms. The van der Waals surface area contributed by atoms with Gasteiger partial charge in [0.05, 0.1) is 12.2 Å². The number of epoxide rings is 1. The van der Waals surface area contributed by atoms with Crippen molar-refractivity contribution < 1.29 is 4.74 Å². The van der Waals surface area contributed by atoms with Crippen LogP contribution in [0.3, 0.4) is 0 Å². The second kappa shape index (κ2) is 2.16. The quantitative estimate of drug-likeness (QED) is 0.627. The van der Waals surface area contributed by atoms with Crippen molar-refractivity contribution in [2.24, 2.45) is 0 Å². The summed E-state index contributed by atoms with van der Waals surface area (Å²) in [4.78, 5) is 0. The maximum absolute atomic E-state index is 5.58. The predicted molar refractivity (Wildman–Crippen MR) is 51.7 cm³/mol. The van der Waals surface area contributed by atoms with E-state index in [0.29, 0.717) is 5.41 Å². The zero-order valence-corrected chi connectivity index (χ0v) is 7.92. The lowest BCUT2D eigenvalue weighted by Crippen LogP contribution is -2.26. The maximum Gasteiger partial charge on any atom is 0.0984 e. The number of ether oxygens (including phenoxy) is 1. The van der Waals surface area contributed by atoms with Crippen LogP contribution < -0.4 is 0 Å². The van der Waals surface area contributed by atoms with Crippen molar-refractivity contribution in [3.05, 3.63) is 35.9 Å². The highest BCUT2D eigenvalue weighted by molar-refractivity contribution is 5.38. The Kier molecular flexibility index (Phi) is 1.26. The molecule has 1 nitrogen and oxygen atoms in total. The summed E-state index contributed by atoms with van der Waals surface area (Å²) < 4.78 is 5.58. The monoisotopic (exact) mass is 174 g/mol. The number of rotatable bonds is 2. The summed E-state index contributed by atoms with van der Waals surface area (Å²) in [5.74, 6) is 0. The minimum absolute atomic E-state index is 0.161. The van der Waals surface area contributed by atoms with Gasteiger partial charge in [0.15, 0.2) is 0 Å². The van der Waals surface area contributed by atoms with Crippen LogP contribution in [0.25, 0.3) is 0 Å². The third-order valence-electron chi connectivity index (χ3n) is 3.67. The number of benzene rings is 1. The molecule has 1 aromatic carbocycles. The minimum atomic E-state index is 0.161. The van der Waals surface area contributed by atoms with Crippen molar-refractivity contribution in [3.8, 4) is 0 Å². The van der Waals surface area contributed by atoms with Crippen molar-refractivity contribution in [1.82, 2.24) is 0 Å². The van der Waals surface area contributed by atoms with Gasteiger partial charge in [0.2, 0.25) is 0 Å². The van der Waals surface area contributed by atoms with Crippen LogP contribution in [-0.2, 0) is 10.2 Å². The Balaban J connectivity index is 2.01. The van der Waals surface area contributed by atoms with Gasteiger partial charge in [-0.25, -0.2) is 0 Å². The topological polar surface area (TPSA) is 12.5 Å². The molecule has 2 fully saturated rings. The van der Waals surface area contributed by atoms with Gasteiger partial charge in [0.25, 0.3) is 0 Å². The smallest absolute Gasteiger partial charge is 0.0984 e. The molecule has 0 amide bonds. The number of hydrogen-bond acceptors (Lipinski definition) is 1. The van der Waals surface area contributed by atoms with E-state index in [-0.39, 0.29) is 5.60 Å². The molecule has 1 aromatic rings. The van der Waals surface area contributed by atoms with E-state index >= 15 is 0 Å². The summed E-state index contributed by atoms with van der Waals surface area (Å²) in [6, 6.07) is 10.8. The molecular weight excluding hydrogens is 160 g/mol. The lowest BCUT2D eigenvalue weighted by atomic mass is 9.84. The average molecular weight is 174 g/mol. The molecule has 13 heavy (non-hydrogen) atoms. The highest BCUT2D eigenvalue weighted by atomic mass is 16.6. The van der Waals surface area contributed by atoms with Crippen LogP contribution in [0, 0.1) is 0 Å². The summed E-state index contributed by atoms with van der Waals surface area (Å²) >= 11 is 0. The fraction of sp³-hybridized carbons (Fsp3) is 0.500. The van der Waals surface area contributed by atoms with Crippen LogP contribution in [0.1, 0.15) is 25.3 Å². The molecular formula is C12H14O. The Morgan fingerprint density at radius 3 is 2.23 bits per heavy atom. The summed E-state index contributed by atoms with van der Waals surface area (Å²) in [7, 11) is 0. The molecule has 1 aliphatic carbocycles. The van der Waals surface area contributed by atoms with Gasteiger partial charge in [0, 0.05) is 5.41 Å². The Hall–Kier alpha value is -0.820. The molecule has 1 saturated carbocycles. The van der Waals surface area contributed by atoms with Crippen LogP contribution in [0.15, 0.2) is 30.3 Å². The molecule has 1 heterocycles. The summed E-state index contributed by atoms with van der Waals surface area (Å²) in [5, 5.41) is 0. The molecule has 1 heteroatoms. The highest BCUT2D eigenvalue weighted by Crippen LogP contribution is 2.61. The van der Waals surface area contributed by atoms with E-state index in [0.717, 1.165) is 6.61 Å². The first-order chi connectivity index (χ1) is 6.27. The Morgan fingerprint density at radius 2 is 1.77 bits per heavy atom. The fourth-order valence-electron chi connectivity index (χ4n) is 2.39. The molecule has 68 valence electrons. The summed E-state index contributed by atoms with van der Waals surface area (Å²) in [6.45, 7) is 3.19. The van der Waals surface area contributed by atoms with Crippen LogP contribution in [0.4, 0.5) is 0 Å². The van der Waals surface area contributed by atoms with Gasteiger partial charge < -0.3 is 4.74 Å². The first-order valence-electron chi connectivity index (χ1n) is 4.96. The van der Waals surface area contributed by atoms with Gasteiger partial charge in [-0.15, -0.1) is 0 Å². The fourth-order valence-corrected chi connectivity index (χ4v) is 2.39. The molecule has 1 atom stereocenters. The van der Waals surface area contributed by atoms with Crippen LogP contribution in [-0.4, -0.2) is 12.2 Å². The van der Waals surface area contributed by atoms with E-state index in [9.17, 15) is 0 Å². The second-order valence-corrected chi connectivity index (χ2v) is 4.47. The summed E-state index contributed by atoms with van der Waals surface area (Å²) in [6.07, 6.45) is 2.60. The van der Waals surface area contributed by atoms with Crippen LogP contribution >= 0.6 is 0 Å². The molecule has 1 unspecified atom stereocenters. The Bertz CT molecular complexity index is 320. The van der Waals surface area contributed by atoms with Crippen LogP contribution in [0.5, 0.6) is 0 Å². The maximum atomic E-state index is 5.58. The standard InChI is InChI=1S/C12H14O/c1-11(9-13-11)12(7-8-12)10-5-3-2-4-6-10/h2-6H,7-9H2,1H3. The zero-order valence-electron chi connectivity index (χ0n) is 7.92. The van der Waals surface area contributed by atoms with Gasteiger partial charge in [-0.3, -0.25) is 0 Å². The van der Waals surface area contributed by atoms with E-state index in [4.69, 9.17) is 4.74 Å². The largest absolute Gasteiger partial charge is 0.369 e. The third-order valence-corrected chi connectivity index (χ3v) is 3.67. The van der Waals surface area contributed by atoms with Crippen molar-refractivity contribution in [3.63, 3.8) is 0 Å². The van der Waals surface area contributed by atoms with Gasteiger partial charge in [-0.05, 0) is 25.3 Å². The second-order valence-electron chi connectivity index (χ2n) is 4.47. The first kappa shape index (κ1) is 7.57. The Labute approximate surface area is 78.7 Å². The number of hydrogen-bond donors (Lipinski definition) is 0. The van der Waals surface area contributed by atoms with E-state index in [2.05, 4.69) is 37.3 Å². The van der Waals surface area contributed by atoms with E-state index in [1.165, 1.54) is 18.4 Å². The van der Waals surface area contributed by atoms with Gasteiger partial charge in [0.1, 0.15) is 0 Å². The minimum Gasteiger partial charge on any atom is -0.369 e. The molecule has 0 N–H and O–H groups in total.